The summed E-state index contributed by atoms with van der Waals surface area (Å²) in [4.78, 5) is 42.3. The molecule has 0 saturated carbocycles. The Morgan fingerprint density at radius 1 is 1.17 bits per heavy atom. The van der Waals surface area contributed by atoms with Crippen LogP contribution in [0.3, 0.4) is 0 Å². The van der Waals surface area contributed by atoms with Crippen LogP contribution in [-0.4, -0.2) is 75.9 Å². The first-order chi connectivity index (χ1) is 14.5. The van der Waals surface area contributed by atoms with Crippen molar-refractivity contribution >= 4 is 40.4 Å². The smallest absolute Gasteiger partial charge is 0.289 e. The number of nitrogens with one attached hydrogen (secondary N) is 1. The van der Waals surface area contributed by atoms with Crippen molar-refractivity contribution in [3.63, 3.8) is 0 Å². The highest BCUT2D eigenvalue weighted by atomic mass is 32.2. The third-order valence-corrected chi connectivity index (χ3v) is 6.49. The third-order valence-electron chi connectivity index (χ3n) is 5.55. The summed E-state index contributed by atoms with van der Waals surface area (Å²) < 4.78 is 0. The zero-order valence-corrected chi connectivity index (χ0v) is 18.4. The second kappa shape index (κ2) is 9.16. The molecular weight excluding hydrogens is 400 g/mol. The number of nitrogens with zero attached hydrogens (tertiary/aromatic N) is 5. The molecule has 9 heteroatoms. The molecule has 2 fully saturated rings. The molecule has 4 rings (SSSR count). The molecule has 2 saturated heterocycles. The quantitative estimate of drug-likeness (QED) is 0.703. The van der Waals surface area contributed by atoms with Gasteiger partial charge < -0.3 is 15.1 Å². The van der Waals surface area contributed by atoms with E-state index in [1.54, 1.807) is 0 Å². The number of carbonyl (C=O) groups excluding carboxylic acids is 2. The molecule has 0 atom stereocenters. The maximum absolute atomic E-state index is 12.8. The number of fused-ring (bicyclic) bond motifs is 1. The summed E-state index contributed by atoms with van der Waals surface area (Å²) in [6, 6.07) is 2.04. The number of likely N-dealkylation sites (tertiary alicyclic amines) is 1. The first-order valence-electron chi connectivity index (χ1n) is 10.6. The Morgan fingerprint density at radius 2 is 1.97 bits per heavy atom. The van der Waals surface area contributed by atoms with Gasteiger partial charge in [-0.15, -0.1) is 0 Å². The van der Waals surface area contributed by atoms with Crippen molar-refractivity contribution in [1.29, 1.82) is 0 Å². The van der Waals surface area contributed by atoms with E-state index in [4.69, 9.17) is 0 Å². The molecule has 0 bridgehead atoms. The van der Waals surface area contributed by atoms with E-state index in [0.29, 0.717) is 25.2 Å². The largest absolute Gasteiger partial charge is 0.354 e. The van der Waals surface area contributed by atoms with Crippen LogP contribution in [0.2, 0.25) is 0 Å². The van der Waals surface area contributed by atoms with Gasteiger partial charge in [-0.2, -0.15) is 11.8 Å². The maximum Gasteiger partial charge on any atom is 0.289 e. The predicted octanol–water partition coefficient (Wildman–Crippen LogP) is 1.94. The normalized spacial score (nSPS) is 17.1. The van der Waals surface area contributed by atoms with Crippen LogP contribution in [-0.2, 0) is 4.79 Å². The number of amides is 2. The number of hydrogen-bond acceptors (Lipinski definition) is 7. The summed E-state index contributed by atoms with van der Waals surface area (Å²) in [5.41, 5.74) is 2.52. The molecule has 0 spiro atoms. The average Bonchev–Trinajstić information content (AvgIpc) is 3.15. The first-order valence-corrected chi connectivity index (χ1v) is 11.7. The number of hydrogen-bond donors (Lipinski definition) is 1. The fourth-order valence-corrected chi connectivity index (χ4v) is 4.96. The maximum atomic E-state index is 12.8. The lowest BCUT2D eigenvalue weighted by atomic mass is 10.1. The molecule has 4 heterocycles. The van der Waals surface area contributed by atoms with E-state index in [1.807, 2.05) is 36.6 Å². The Kier molecular flexibility index (Phi) is 6.36. The summed E-state index contributed by atoms with van der Waals surface area (Å²) in [6.45, 7) is 7.76. The lowest BCUT2D eigenvalue weighted by molar-refractivity contribution is -0.127. The molecule has 2 aliphatic rings. The van der Waals surface area contributed by atoms with Gasteiger partial charge >= 0.3 is 0 Å². The second-order valence-electron chi connectivity index (χ2n) is 7.84. The first kappa shape index (κ1) is 20.8. The van der Waals surface area contributed by atoms with Crippen molar-refractivity contribution in [3.8, 4) is 0 Å². The molecule has 0 aliphatic carbocycles. The minimum Gasteiger partial charge on any atom is -0.354 e. The third kappa shape index (κ3) is 4.50. The Morgan fingerprint density at radius 3 is 2.70 bits per heavy atom. The van der Waals surface area contributed by atoms with E-state index < -0.39 is 0 Å². The molecule has 160 valence electrons. The minimum atomic E-state index is -0.293. The lowest BCUT2D eigenvalue weighted by Gasteiger charge is -2.28. The van der Waals surface area contributed by atoms with Crippen LogP contribution in [0.15, 0.2) is 6.07 Å². The summed E-state index contributed by atoms with van der Waals surface area (Å²) in [6.07, 6.45) is 2.29. The molecular formula is C21H28N6O2S. The molecule has 30 heavy (non-hydrogen) atoms. The fourth-order valence-electron chi connectivity index (χ4n) is 4.05. The Labute approximate surface area is 180 Å². The van der Waals surface area contributed by atoms with Gasteiger partial charge in [-0.1, -0.05) is 0 Å². The summed E-state index contributed by atoms with van der Waals surface area (Å²) in [5, 5.41) is 3.84. The van der Waals surface area contributed by atoms with Crippen molar-refractivity contribution in [2.75, 3.05) is 49.1 Å². The number of thioether (sulfide) groups is 1. The van der Waals surface area contributed by atoms with E-state index in [2.05, 4.69) is 25.2 Å². The molecule has 2 amide bonds. The van der Waals surface area contributed by atoms with Crippen LogP contribution in [0.1, 0.15) is 41.1 Å². The Hall–Kier alpha value is -2.42. The summed E-state index contributed by atoms with van der Waals surface area (Å²) in [5.74, 6) is 2.96. The molecule has 8 nitrogen and oxygen atoms in total. The zero-order valence-electron chi connectivity index (χ0n) is 17.6. The number of pyridine rings is 1. The lowest BCUT2D eigenvalue weighted by Crippen LogP contribution is -2.35. The number of aryl methyl sites for hydroxylation is 2. The van der Waals surface area contributed by atoms with E-state index in [9.17, 15) is 9.59 Å². The molecule has 2 aliphatic heterocycles. The zero-order chi connectivity index (χ0) is 21.1. The molecule has 2 aromatic heterocycles. The van der Waals surface area contributed by atoms with Gasteiger partial charge in [0.15, 0.2) is 5.65 Å². The number of aromatic nitrogens is 3. The van der Waals surface area contributed by atoms with Crippen LogP contribution < -0.4 is 10.2 Å². The molecule has 0 unspecified atom stereocenters. The van der Waals surface area contributed by atoms with Gasteiger partial charge in [-0.05, 0) is 38.3 Å². The van der Waals surface area contributed by atoms with Gasteiger partial charge in [-0.25, -0.2) is 15.0 Å². The van der Waals surface area contributed by atoms with Crippen LogP contribution in [0.4, 0.5) is 5.82 Å². The number of rotatable bonds is 6. The van der Waals surface area contributed by atoms with Gasteiger partial charge in [0.2, 0.25) is 11.7 Å². The topological polar surface area (TPSA) is 91.3 Å². The number of anilines is 1. The van der Waals surface area contributed by atoms with Crippen molar-refractivity contribution in [3.05, 3.63) is 23.1 Å². The van der Waals surface area contributed by atoms with Gasteiger partial charge in [0.1, 0.15) is 5.82 Å². The van der Waals surface area contributed by atoms with E-state index in [0.717, 1.165) is 66.4 Å². The Bertz CT molecular complexity index is 960. The van der Waals surface area contributed by atoms with Crippen LogP contribution in [0.5, 0.6) is 0 Å². The number of carbonyl (C=O) groups is 2. The van der Waals surface area contributed by atoms with Gasteiger partial charge in [-0.3, -0.25) is 9.59 Å². The SMILES string of the molecule is Cc1cc(C)c2c(N3CCSCC3)nc(C(=O)NCCCN3CCCC3=O)nc2n1. The Balaban J connectivity index is 1.52. The highest BCUT2D eigenvalue weighted by Gasteiger charge is 2.22. The monoisotopic (exact) mass is 428 g/mol. The summed E-state index contributed by atoms with van der Waals surface area (Å²) >= 11 is 1.93. The highest BCUT2D eigenvalue weighted by Crippen LogP contribution is 2.28. The van der Waals surface area contributed by atoms with Gasteiger partial charge in [0, 0.05) is 56.3 Å². The minimum absolute atomic E-state index is 0.158. The summed E-state index contributed by atoms with van der Waals surface area (Å²) in [7, 11) is 0. The van der Waals surface area contributed by atoms with Crippen molar-refractivity contribution in [1.82, 2.24) is 25.2 Å². The molecule has 0 radical (unpaired) electrons. The highest BCUT2D eigenvalue weighted by molar-refractivity contribution is 7.99. The average molecular weight is 429 g/mol. The fraction of sp³-hybridized carbons (Fsp3) is 0.571. The van der Waals surface area contributed by atoms with Crippen LogP contribution >= 0.6 is 11.8 Å². The van der Waals surface area contributed by atoms with E-state index in [-0.39, 0.29) is 17.6 Å². The molecule has 0 aromatic carbocycles. The van der Waals surface area contributed by atoms with Crippen molar-refractivity contribution in [2.45, 2.75) is 33.1 Å². The van der Waals surface area contributed by atoms with Crippen LogP contribution in [0, 0.1) is 13.8 Å². The van der Waals surface area contributed by atoms with Gasteiger partial charge in [0.25, 0.3) is 5.91 Å². The molecule has 1 N–H and O–H groups in total. The van der Waals surface area contributed by atoms with Crippen molar-refractivity contribution in [2.24, 2.45) is 0 Å². The second-order valence-corrected chi connectivity index (χ2v) is 9.07. The van der Waals surface area contributed by atoms with E-state index in [1.165, 1.54) is 0 Å². The van der Waals surface area contributed by atoms with E-state index >= 15 is 0 Å². The van der Waals surface area contributed by atoms with Gasteiger partial charge in [0.05, 0.1) is 5.39 Å². The predicted molar refractivity (Wildman–Crippen MR) is 119 cm³/mol. The standard InChI is InChI=1S/C21H28N6O2S/c1-14-13-15(2)23-18-17(14)20(27-9-11-30-12-10-27)25-19(24-18)21(29)22-6-4-8-26-7-3-5-16(26)28/h13H,3-12H2,1-2H3,(H,22,29). The van der Waals surface area contributed by atoms with Crippen molar-refractivity contribution < 1.29 is 9.59 Å². The molecule has 2 aromatic rings. The van der Waals surface area contributed by atoms with Crippen LogP contribution in [0.25, 0.3) is 11.0 Å².